The second-order valence-corrected chi connectivity index (χ2v) is 6.49. The first-order valence-electron chi connectivity index (χ1n) is 8.35. The van der Waals surface area contributed by atoms with E-state index in [1.54, 1.807) is 12.1 Å². The van der Waals surface area contributed by atoms with Crippen LogP contribution in [0.1, 0.15) is 30.0 Å². The molecule has 2 N–H and O–H groups in total. The van der Waals surface area contributed by atoms with E-state index in [4.69, 9.17) is 0 Å². The molecule has 140 valence electrons. The summed E-state index contributed by atoms with van der Waals surface area (Å²) in [6.07, 6.45) is -2.14. The second kappa shape index (κ2) is 8.57. The van der Waals surface area contributed by atoms with Crippen molar-refractivity contribution in [3.05, 3.63) is 35.4 Å². The summed E-state index contributed by atoms with van der Waals surface area (Å²) in [6, 6.07) is 5.73. The van der Waals surface area contributed by atoms with Gasteiger partial charge in [0.1, 0.15) is 0 Å². The highest BCUT2D eigenvalue weighted by Gasteiger charge is 2.33. The summed E-state index contributed by atoms with van der Waals surface area (Å²) in [5.41, 5.74) is 0.349. The van der Waals surface area contributed by atoms with Crippen LogP contribution in [0.4, 0.5) is 13.2 Å². The highest BCUT2D eigenvalue weighted by molar-refractivity contribution is 14.0. The zero-order chi connectivity index (χ0) is 17.2. The standard InChI is InChI=1S/C17H23F3N4.HI/c1-24-10-2-3-13(11-23-16-21-8-9-22-16)15(24)12-4-6-14(7-5-12)17(18,19)20;/h4-7,13,15H,2-3,8-11H2,1H3,(H2,21,22,23);1H. The molecule has 2 heterocycles. The van der Waals surface area contributed by atoms with Gasteiger partial charge in [-0.3, -0.25) is 9.89 Å². The van der Waals surface area contributed by atoms with Gasteiger partial charge in [0.15, 0.2) is 5.96 Å². The number of hydrogen-bond acceptors (Lipinski definition) is 4. The van der Waals surface area contributed by atoms with Crippen molar-refractivity contribution in [2.24, 2.45) is 10.9 Å². The number of guanidine groups is 1. The minimum atomic E-state index is -4.29. The maximum atomic E-state index is 12.8. The Morgan fingerprint density at radius 2 is 2.00 bits per heavy atom. The van der Waals surface area contributed by atoms with Crippen molar-refractivity contribution < 1.29 is 13.2 Å². The summed E-state index contributed by atoms with van der Waals surface area (Å²) in [5, 5.41) is 6.53. The minimum Gasteiger partial charge on any atom is -0.356 e. The van der Waals surface area contributed by atoms with Crippen molar-refractivity contribution in [2.75, 3.05) is 33.2 Å². The summed E-state index contributed by atoms with van der Waals surface area (Å²) in [6.45, 7) is 3.37. The summed E-state index contributed by atoms with van der Waals surface area (Å²) in [7, 11) is 2.04. The average Bonchev–Trinajstić information content (AvgIpc) is 3.06. The lowest BCUT2D eigenvalue weighted by Gasteiger charge is -2.40. The number of aliphatic imine (C=N–C) groups is 1. The van der Waals surface area contributed by atoms with E-state index >= 15 is 0 Å². The predicted octanol–water partition coefficient (Wildman–Crippen LogP) is 3.26. The van der Waals surface area contributed by atoms with Gasteiger partial charge in [-0.15, -0.1) is 24.0 Å². The van der Waals surface area contributed by atoms with E-state index in [0.29, 0.717) is 5.92 Å². The highest BCUT2D eigenvalue weighted by Crippen LogP contribution is 2.36. The molecule has 0 aromatic heterocycles. The van der Waals surface area contributed by atoms with E-state index in [0.717, 1.165) is 50.5 Å². The van der Waals surface area contributed by atoms with Gasteiger partial charge in [0, 0.05) is 19.1 Å². The quantitative estimate of drug-likeness (QED) is 0.670. The van der Waals surface area contributed by atoms with Crippen LogP contribution in [0.3, 0.4) is 0 Å². The molecule has 2 unspecified atom stereocenters. The molecule has 0 radical (unpaired) electrons. The maximum Gasteiger partial charge on any atom is 0.416 e. The van der Waals surface area contributed by atoms with Crippen molar-refractivity contribution in [1.29, 1.82) is 0 Å². The van der Waals surface area contributed by atoms with Gasteiger partial charge >= 0.3 is 6.18 Å². The topological polar surface area (TPSA) is 39.7 Å². The fourth-order valence-corrected chi connectivity index (χ4v) is 3.61. The van der Waals surface area contributed by atoms with Gasteiger partial charge in [0.25, 0.3) is 0 Å². The molecule has 1 fully saturated rings. The Bertz CT molecular complexity index is 589. The third-order valence-corrected chi connectivity index (χ3v) is 4.79. The van der Waals surface area contributed by atoms with E-state index < -0.39 is 11.7 Å². The molecule has 0 spiro atoms. The zero-order valence-corrected chi connectivity index (χ0v) is 16.5. The minimum absolute atomic E-state index is 0. The third-order valence-electron chi connectivity index (χ3n) is 4.79. The van der Waals surface area contributed by atoms with Crippen LogP contribution >= 0.6 is 24.0 Å². The number of rotatable bonds is 3. The molecule has 0 saturated carbocycles. The normalized spacial score (nSPS) is 24.2. The Labute approximate surface area is 163 Å². The molecular formula is C17H24F3IN4. The van der Waals surface area contributed by atoms with Crippen molar-refractivity contribution in [3.8, 4) is 0 Å². The van der Waals surface area contributed by atoms with Gasteiger partial charge in [-0.25, -0.2) is 0 Å². The number of piperidine rings is 1. The molecular weight excluding hydrogens is 444 g/mol. The van der Waals surface area contributed by atoms with Crippen LogP contribution in [0.25, 0.3) is 0 Å². The van der Waals surface area contributed by atoms with E-state index in [1.807, 2.05) is 7.05 Å². The SMILES string of the molecule is CN1CCCC(CNC2=NCCN2)C1c1ccc(C(F)(F)F)cc1.I. The molecule has 1 saturated heterocycles. The van der Waals surface area contributed by atoms with Gasteiger partial charge in [-0.2, -0.15) is 13.2 Å². The molecule has 2 atom stereocenters. The number of hydrogen-bond donors (Lipinski definition) is 2. The Hall–Kier alpha value is -1.03. The van der Waals surface area contributed by atoms with Crippen LogP contribution in [0.2, 0.25) is 0 Å². The Morgan fingerprint density at radius 3 is 2.60 bits per heavy atom. The summed E-state index contributed by atoms with van der Waals surface area (Å²) in [4.78, 5) is 6.57. The zero-order valence-electron chi connectivity index (χ0n) is 14.1. The number of alkyl halides is 3. The maximum absolute atomic E-state index is 12.8. The smallest absolute Gasteiger partial charge is 0.356 e. The predicted molar refractivity (Wildman–Crippen MR) is 103 cm³/mol. The van der Waals surface area contributed by atoms with E-state index in [1.165, 1.54) is 12.1 Å². The first-order valence-corrected chi connectivity index (χ1v) is 8.35. The lowest BCUT2D eigenvalue weighted by Crippen LogP contribution is -2.43. The molecule has 8 heteroatoms. The summed E-state index contributed by atoms with van der Waals surface area (Å²) >= 11 is 0. The molecule has 2 aliphatic rings. The largest absolute Gasteiger partial charge is 0.416 e. The van der Waals surface area contributed by atoms with Crippen LogP contribution in [0.15, 0.2) is 29.3 Å². The summed E-state index contributed by atoms with van der Waals surface area (Å²) < 4.78 is 38.3. The Kier molecular flexibility index (Phi) is 6.95. The molecule has 3 rings (SSSR count). The lowest BCUT2D eigenvalue weighted by molar-refractivity contribution is -0.137. The van der Waals surface area contributed by atoms with Gasteiger partial charge in [0.05, 0.1) is 12.1 Å². The molecule has 0 aliphatic carbocycles. The fourth-order valence-electron chi connectivity index (χ4n) is 3.61. The van der Waals surface area contributed by atoms with Gasteiger partial charge in [0.2, 0.25) is 0 Å². The summed E-state index contributed by atoms with van der Waals surface area (Å²) in [5.74, 6) is 1.17. The highest BCUT2D eigenvalue weighted by atomic mass is 127. The average molecular weight is 468 g/mol. The van der Waals surface area contributed by atoms with Gasteiger partial charge in [-0.1, -0.05) is 12.1 Å². The first kappa shape index (κ1) is 20.3. The number of halogens is 4. The molecule has 0 bridgehead atoms. The van der Waals surface area contributed by atoms with Crippen molar-refractivity contribution >= 4 is 29.9 Å². The molecule has 1 aromatic carbocycles. The van der Waals surface area contributed by atoms with Crippen LogP contribution in [-0.2, 0) is 6.18 Å². The van der Waals surface area contributed by atoms with Gasteiger partial charge in [-0.05, 0) is 50.0 Å². The third kappa shape index (κ3) is 4.99. The van der Waals surface area contributed by atoms with Crippen molar-refractivity contribution in [2.45, 2.75) is 25.1 Å². The van der Waals surface area contributed by atoms with Crippen molar-refractivity contribution in [3.63, 3.8) is 0 Å². The Balaban J connectivity index is 0.00000225. The van der Waals surface area contributed by atoms with E-state index in [9.17, 15) is 13.2 Å². The fraction of sp³-hybridized carbons (Fsp3) is 0.588. The monoisotopic (exact) mass is 468 g/mol. The van der Waals surface area contributed by atoms with Crippen LogP contribution < -0.4 is 10.6 Å². The Morgan fingerprint density at radius 1 is 1.28 bits per heavy atom. The molecule has 1 aromatic rings. The second-order valence-electron chi connectivity index (χ2n) is 6.49. The molecule has 25 heavy (non-hydrogen) atoms. The number of nitrogens with one attached hydrogen (secondary N) is 2. The molecule has 4 nitrogen and oxygen atoms in total. The van der Waals surface area contributed by atoms with E-state index in [2.05, 4.69) is 20.5 Å². The lowest BCUT2D eigenvalue weighted by atomic mass is 9.84. The molecule has 0 amide bonds. The van der Waals surface area contributed by atoms with E-state index in [-0.39, 0.29) is 30.0 Å². The van der Waals surface area contributed by atoms with Crippen LogP contribution in [0.5, 0.6) is 0 Å². The number of benzene rings is 1. The number of nitrogens with zero attached hydrogens (tertiary/aromatic N) is 2. The van der Waals surface area contributed by atoms with Crippen LogP contribution in [0, 0.1) is 5.92 Å². The number of likely N-dealkylation sites (tertiary alicyclic amines) is 1. The van der Waals surface area contributed by atoms with Crippen molar-refractivity contribution in [1.82, 2.24) is 15.5 Å². The van der Waals surface area contributed by atoms with Crippen LogP contribution in [-0.4, -0.2) is 44.1 Å². The molecule has 2 aliphatic heterocycles. The van der Waals surface area contributed by atoms with Gasteiger partial charge < -0.3 is 10.6 Å². The first-order chi connectivity index (χ1) is 11.4.